The number of benzene rings is 2. The number of para-hydroxylation sites is 1. The number of carbonyl (C=O) groups excluding carboxylic acids is 1. The Balaban J connectivity index is 1.92. The number of carbonyl (C=O) groups is 1. The van der Waals surface area contributed by atoms with Crippen molar-refractivity contribution in [1.29, 1.82) is 0 Å². The van der Waals surface area contributed by atoms with Gasteiger partial charge in [-0.3, -0.25) is 14.2 Å². The van der Waals surface area contributed by atoms with Crippen LogP contribution < -0.4 is 5.56 Å². The number of methoxy groups -OCH3 is 1. The van der Waals surface area contributed by atoms with Crippen molar-refractivity contribution in [2.75, 3.05) is 7.11 Å². The average Bonchev–Trinajstić information content (AvgIpc) is 2.69. The Hall–Kier alpha value is -2.60. The van der Waals surface area contributed by atoms with Crippen LogP contribution >= 0.6 is 11.8 Å². The van der Waals surface area contributed by atoms with E-state index >= 15 is 0 Å². The summed E-state index contributed by atoms with van der Waals surface area (Å²) in [6.07, 6.45) is 0. The van der Waals surface area contributed by atoms with Crippen molar-refractivity contribution in [3.63, 3.8) is 0 Å². The van der Waals surface area contributed by atoms with E-state index in [4.69, 9.17) is 4.74 Å². The fraction of sp³-hybridized carbons (Fsp3) is 0.286. The van der Waals surface area contributed by atoms with Crippen LogP contribution in [0.4, 0.5) is 0 Å². The second-order valence-corrected chi connectivity index (χ2v) is 7.51. The third-order valence-corrected chi connectivity index (χ3v) is 5.40. The van der Waals surface area contributed by atoms with Crippen molar-refractivity contribution in [2.24, 2.45) is 0 Å². The van der Waals surface area contributed by atoms with E-state index in [1.165, 1.54) is 29.0 Å². The van der Waals surface area contributed by atoms with Gasteiger partial charge in [0, 0.05) is 5.75 Å². The predicted octanol–water partition coefficient (Wildman–Crippen LogP) is 3.99. The average molecular weight is 382 g/mol. The minimum absolute atomic E-state index is 0.151. The molecule has 3 aromatic rings. The van der Waals surface area contributed by atoms with E-state index in [0.717, 1.165) is 5.56 Å². The molecule has 0 aliphatic heterocycles. The van der Waals surface area contributed by atoms with Gasteiger partial charge in [-0.1, -0.05) is 62.0 Å². The van der Waals surface area contributed by atoms with Crippen LogP contribution in [0.25, 0.3) is 10.9 Å². The predicted molar refractivity (Wildman–Crippen MR) is 108 cm³/mol. The van der Waals surface area contributed by atoms with Crippen LogP contribution in [0, 0.1) is 0 Å². The van der Waals surface area contributed by atoms with Gasteiger partial charge in [-0.2, -0.15) is 0 Å². The highest BCUT2D eigenvalue weighted by Crippen LogP contribution is 2.23. The Labute approximate surface area is 162 Å². The lowest BCUT2D eigenvalue weighted by molar-refractivity contribution is -0.141. The highest BCUT2D eigenvalue weighted by molar-refractivity contribution is 7.98. The standard InChI is InChI=1S/C21H22N2O3S/c1-14(2)16-10-8-15(9-11-16)13-27-21-22-18-7-5-4-6-17(18)20(25)23(21)12-19(24)26-3/h4-11,14H,12-13H2,1-3H3. The van der Waals surface area contributed by atoms with Crippen LogP contribution in [-0.2, 0) is 21.8 Å². The summed E-state index contributed by atoms with van der Waals surface area (Å²) in [5.41, 5.74) is 2.82. The third kappa shape index (κ3) is 4.39. The van der Waals surface area contributed by atoms with E-state index in [0.29, 0.717) is 27.7 Å². The summed E-state index contributed by atoms with van der Waals surface area (Å²) < 4.78 is 6.13. The van der Waals surface area contributed by atoms with E-state index < -0.39 is 5.97 Å². The number of hydrogen-bond donors (Lipinski definition) is 0. The Bertz CT molecular complexity index is 1010. The van der Waals surface area contributed by atoms with E-state index in [2.05, 4.69) is 43.1 Å². The van der Waals surface area contributed by atoms with Gasteiger partial charge in [0.2, 0.25) is 0 Å². The molecule has 0 radical (unpaired) electrons. The highest BCUT2D eigenvalue weighted by Gasteiger charge is 2.15. The molecule has 6 heteroatoms. The Morgan fingerprint density at radius 1 is 1.15 bits per heavy atom. The fourth-order valence-corrected chi connectivity index (χ4v) is 3.69. The van der Waals surface area contributed by atoms with E-state index in [-0.39, 0.29) is 12.1 Å². The van der Waals surface area contributed by atoms with Crippen LogP contribution in [0.15, 0.2) is 58.5 Å². The van der Waals surface area contributed by atoms with Gasteiger partial charge >= 0.3 is 5.97 Å². The molecule has 2 aromatic carbocycles. The van der Waals surface area contributed by atoms with Crippen LogP contribution in [0.5, 0.6) is 0 Å². The number of ether oxygens (including phenoxy) is 1. The maximum Gasteiger partial charge on any atom is 0.325 e. The molecular weight excluding hydrogens is 360 g/mol. The number of nitrogens with zero attached hydrogens (tertiary/aromatic N) is 2. The molecule has 27 heavy (non-hydrogen) atoms. The molecule has 3 rings (SSSR count). The number of aromatic nitrogens is 2. The second-order valence-electron chi connectivity index (χ2n) is 6.56. The topological polar surface area (TPSA) is 61.2 Å². The molecule has 140 valence electrons. The maximum atomic E-state index is 12.8. The van der Waals surface area contributed by atoms with Gasteiger partial charge in [-0.15, -0.1) is 0 Å². The molecule has 0 N–H and O–H groups in total. The maximum absolute atomic E-state index is 12.8. The Morgan fingerprint density at radius 2 is 1.85 bits per heavy atom. The first-order valence-electron chi connectivity index (χ1n) is 8.77. The number of fused-ring (bicyclic) bond motifs is 1. The first kappa shape index (κ1) is 19.2. The summed E-state index contributed by atoms with van der Waals surface area (Å²) >= 11 is 1.44. The van der Waals surface area contributed by atoms with Gasteiger partial charge in [-0.05, 0) is 29.2 Å². The lowest BCUT2D eigenvalue weighted by Crippen LogP contribution is -2.27. The van der Waals surface area contributed by atoms with Gasteiger partial charge in [0.15, 0.2) is 5.16 Å². The molecule has 0 saturated heterocycles. The second kappa shape index (κ2) is 8.39. The monoisotopic (exact) mass is 382 g/mol. The molecule has 0 saturated carbocycles. The van der Waals surface area contributed by atoms with Gasteiger partial charge in [0.1, 0.15) is 6.54 Å². The molecule has 0 aliphatic rings. The minimum atomic E-state index is -0.475. The Kier molecular flexibility index (Phi) is 5.96. The largest absolute Gasteiger partial charge is 0.468 e. The highest BCUT2D eigenvalue weighted by atomic mass is 32.2. The van der Waals surface area contributed by atoms with E-state index in [1.54, 1.807) is 18.2 Å². The normalized spacial score (nSPS) is 11.1. The summed E-state index contributed by atoms with van der Waals surface area (Å²) in [6, 6.07) is 15.6. The number of esters is 1. The molecule has 0 atom stereocenters. The summed E-state index contributed by atoms with van der Waals surface area (Å²) in [5.74, 6) is 0.668. The molecule has 1 heterocycles. The quantitative estimate of drug-likeness (QED) is 0.367. The lowest BCUT2D eigenvalue weighted by Gasteiger charge is -2.12. The molecule has 0 spiro atoms. The van der Waals surface area contributed by atoms with Crippen LogP contribution in [0.3, 0.4) is 0 Å². The summed E-state index contributed by atoms with van der Waals surface area (Å²) in [7, 11) is 1.31. The van der Waals surface area contributed by atoms with Crippen molar-refractivity contribution in [1.82, 2.24) is 9.55 Å². The van der Waals surface area contributed by atoms with Crippen molar-refractivity contribution >= 4 is 28.6 Å². The molecule has 1 aromatic heterocycles. The Morgan fingerprint density at radius 3 is 2.52 bits per heavy atom. The van der Waals surface area contributed by atoms with Gasteiger partial charge in [-0.25, -0.2) is 4.98 Å². The zero-order valence-electron chi connectivity index (χ0n) is 15.6. The summed E-state index contributed by atoms with van der Waals surface area (Å²) in [6.45, 7) is 4.17. The zero-order valence-corrected chi connectivity index (χ0v) is 16.5. The molecule has 0 unspecified atom stereocenters. The lowest BCUT2D eigenvalue weighted by atomic mass is 10.0. The van der Waals surface area contributed by atoms with Gasteiger partial charge in [0.05, 0.1) is 18.0 Å². The minimum Gasteiger partial charge on any atom is -0.468 e. The SMILES string of the molecule is COC(=O)Cn1c(SCc2ccc(C(C)C)cc2)nc2ccccc2c1=O. The van der Waals surface area contributed by atoms with Crippen LogP contribution in [0.1, 0.15) is 30.9 Å². The first-order valence-corrected chi connectivity index (χ1v) is 9.76. The van der Waals surface area contributed by atoms with Crippen LogP contribution in [0.2, 0.25) is 0 Å². The van der Waals surface area contributed by atoms with E-state index in [9.17, 15) is 9.59 Å². The van der Waals surface area contributed by atoms with Crippen molar-refractivity contribution in [3.8, 4) is 0 Å². The molecule has 5 nitrogen and oxygen atoms in total. The zero-order chi connectivity index (χ0) is 19.4. The number of thioether (sulfide) groups is 1. The molecule has 0 bridgehead atoms. The molecule has 0 fully saturated rings. The van der Waals surface area contributed by atoms with Crippen molar-refractivity contribution in [3.05, 3.63) is 70.0 Å². The third-order valence-electron chi connectivity index (χ3n) is 4.36. The number of rotatable bonds is 6. The van der Waals surface area contributed by atoms with Crippen molar-refractivity contribution < 1.29 is 9.53 Å². The smallest absolute Gasteiger partial charge is 0.325 e. The molecule has 0 aliphatic carbocycles. The summed E-state index contributed by atoms with van der Waals surface area (Å²) in [4.78, 5) is 29.2. The summed E-state index contributed by atoms with van der Waals surface area (Å²) in [5, 5.41) is 1.00. The van der Waals surface area contributed by atoms with Gasteiger partial charge < -0.3 is 4.74 Å². The van der Waals surface area contributed by atoms with Crippen molar-refractivity contribution in [2.45, 2.75) is 37.2 Å². The van der Waals surface area contributed by atoms with Gasteiger partial charge in [0.25, 0.3) is 5.56 Å². The van der Waals surface area contributed by atoms with E-state index in [1.807, 2.05) is 6.07 Å². The van der Waals surface area contributed by atoms with Crippen LogP contribution in [-0.4, -0.2) is 22.6 Å². The molecule has 0 amide bonds. The molecular formula is C21H22N2O3S. The number of hydrogen-bond acceptors (Lipinski definition) is 5. The first-order chi connectivity index (χ1) is 13.0. The fourth-order valence-electron chi connectivity index (χ4n) is 2.74.